The smallest absolute Gasteiger partial charge is 0.144 e. The van der Waals surface area contributed by atoms with Gasteiger partial charge >= 0.3 is 0 Å². The summed E-state index contributed by atoms with van der Waals surface area (Å²) in [4.78, 5) is 7.61. The third kappa shape index (κ3) is 2.62. The van der Waals surface area contributed by atoms with E-state index in [1.54, 1.807) is 0 Å². The van der Waals surface area contributed by atoms with Gasteiger partial charge in [0.1, 0.15) is 16.2 Å². The van der Waals surface area contributed by atoms with Gasteiger partial charge in [0.2, 0.25) is 0 Å². The fraction of sp³-hybridized carbons (Fsp3) is 0.231. The summed E-state index contributed by atoms with van der Waals surface area (Å²) in [6, 6.07) is 7.78. The molecule has 2 rings (SSSR count). The van der Waals surface area contributed by atoms with Gasteiger partial charge in [-0.2, -0.15) is 0 Å². The zero-order valence-corrected chi connectivity index (χ0v) is 12.6. The molecule has 0 unspecified atom stereocenters. The molecule has 0 spiro atoms. The molecule has 0 saturated heterocycles. The van der Waals surface area contributed by atoms with E-state index >= 15 is 0 Å². The maximum atomic E-state index is 5.60. The molecule has 0 aliphatic heterocycles. The lowest BCUT2D eigenvalue weighted by molar-refractivity contribution is 0.341. The molecule has 1 aromatic heterocycles. The summed E-state index contributed by atoms with van der Waals surface area (Å²) in [5.41, 5.74) is 1.87. The summed E-state index contributed by atoms with van der Waals surface area (Å²) in [7, 11) is 0. The van der Waals surface area contributed by atoms with Crippen LogP contribution < -0.4 is 4.74 Å². The Morgan fingerprint density at radius 3 is 2.78 bits per heavy atom. The van der Waals surface area contributed by atoms with Crippen molar-refractivity contribution in [3.8, 4) is 17.1 Å². The second kappa shape index (κ2) is 5.63. The Morgan fingerprint density at radius 1 is 1.39 bits per heavy atom. The maximum absolute atomic E-state index is 5.60. The van der Waals surface area contributed by atoms with E-state index in [0.29, 0.717) is 11.2 Å². The van der Waals surface area contributed by atoms with Crippen molar-refractivity contribution in [1.29, 1.82) is 0 Å². The van der Waals surface area contributed by atoms with Gasteiger partial charge < -0.3 is 9.72 Å². The zero-order chi connectivity index (χ0) is 13.1. The van der Waals surface area contributed by atoms with Crippen LogP contribution in [0.2, 0.25) is 0 Å². The van der Waals surface area contributed by atoms with E-state index in [9.17, 15) is 0 Å². The highest BCUT2D eigenvalue weighted by Crippen LogP contribution is 2.28. The van der Waals surface area contributed by atoms with Gasteiger partial charge in [-0.3, -0.25) is 0 Å². The fourth-order valence-electron chi connectivity index (χ4n) is 1.64. The Morgan fingerprint density at radius 2 is 2.11 bits per heavy atom. The number of hydrogen-bond acceptors (Lipinski definition) is 3. The normalized spacial score (nSPS) is 10.4. The van der Waals surface area contributed by atoms with Crippen LogP contribution in [-0.2, 0) is 0 Å². The third-order valence-corrected chi connectivity index (χ3v) is 4.01. The number of ether oxygens (including phenoxy) is 1. The quantitative estimate of drug-likeness (QED) is 0.856. The Kier molecular flexibility index (Phi) is 4.14. The highest BCUT2D eigenvalue weighted by Gasteiger charge is 2.09. The molecular weight excluding hydrogens is 312 g/mol. The van der Waals surface area contributed by atoms with Crippen molar-refractivity contribution in [2.75, 3.05) is 6.61 Å². The Bertz CT molecular complexity index is 625. The van der Waals surface area contributed by atoms with E-state index in [1.165, 1.54) is 0 Å². The molecule has 1 aromatic carbocycles. The van der Waals surface area contributed by atoms with Crippen molar-refractivity contribution in [1.82, 2.24) is 9.97 Å². The minimum absolute atomic E-state index is 0.549. The van der Waals surface area contributed by atoms with Crippen molar-refractivity contribution >= 4 is 28.1 Å². The van der Waals surface area contributed by atoms with Gasteiger partial charge in [0.15, 0.2) is 0 Å². The zero-order valence-electron chi connectivity index (χ0n) is 10.2. The highest BCUT2D eigenvalue weighted by atomic mass is 79.9. The van der Waals surface area contributed by atoms with Gasteiger partial charge in [0.25, 0.3) is 0 Å². The lowest BCUT2D eigenvalue weighted by Gasteiger charge is -2.10. The number of rotatable bonds is 3. The van der Waals surface area contributed by atoms with Gasteiger partial charge in [-0.05, 0) is 41.9 Å². The number of hydrogen-bond donors (Lipinski definition) is 1. The minimum Gasteiger partial charge on any atom is -0.493 e. The second-order valence-corrected chi connectivity index (χ2v) is 4.94. The number of aryl methyl sites for hydroxylation is 1. The van der Waals surface area contributed by atoms with E-state index in [1.807, 2.05) is 38.1 Å². The summed E-state index contributed by atoms with van der Waals surface area (Å²) in [6.07, 6.45) is 0. The monoisotopic (exact) mass is 324 g/mol. The number of nitrogens with one attached hydrogen (secondary N) is 1. The lowest BCUT2D eigenvalue weighted by Crippen LogP contribution is -1.98. The molecule has 0 aliphatic rings. The van der Waals surface area contributed by atoms with E-state index < -0.39 is 0 Å². The van der Waals surface area contributed by atoms with Crippen LogP contribution in [0.15, 0.2) is 28.7 Å². The third-order valence-electron chi connectivity index (χ3n) is 2.48. The molecule has 0 bridgehead atoms. The van der Waals surface area contributed by atoms with Gasteiger partial charge in [-0.25, -0.2) is 4.98 Å². The average molecular weight is 325 g/mol. The van der Waals surface area contributed by atoms with E-state index in [2.05, 4.69) is 25.9 Å². The van der Waals surface area contributed by atoms with Crippen molar-refractivity contribution in [3.05, 3.63) is 39.1 Å². The van der Waals surface area contributed by atoms with Gasteiger partial charge in [0.05, 0.1) is 16.6 Å². The molecule has 0 aliphatic carbocycles. The molecule has 1 heterocycles. The number of nitrogens with zero attached hydrogens (tertiary/aromatic N) is 1. The molecule has 18 heavy (non-hydrogen) atoms. The first-order chi connectivity index (χ1) is 8.63. The summed E-state index contributed by atoms with van der Waals surface area (Å²) < 4.78 is 6.97. The van der Waals surface area contributed by atoms with Crippen LogP contribution in [0.5, 0.6) is 5.75 Å². The molecule has 3 nitrogen and oxygen atoms in total. The number of aromatic amines is 1. The largest absolute Gasteiger partial charge is 0.493 e. The van der Waals surface area contributed by atoms with Gasteiger partial charge in [-0.1, -0.05) is 24.4 Å². The molecule has 0 amide bonds. The van der Waals surface area contributed by atoms with Gasteiger partial charge in [-0.15, -0.1) is 0 Å². The van der Waals surface area contributed by atoms with E-state index in [0.717, 1.165) is 27.3 Å². The standard InChI is InChI=1S/C13H13BrN2OS/c1-3-17-10-7-5-4-6-9(10)12-15-8(2)11(14)13(18)16-12/h4-7H,3H2,1-2H3,(H,15,16,18). The maximum Gasteiger partial charge on any atom is 0.144 e. The van der Waals surface area contributed by atoms with Crippen LogP contribution in [-0.4, -0.2) is 16.6 Å². The predicted octanol–water partition coefficient (Wildman–Crippen LogP) is 4.28. The second-order valence-electron chi connectivity index (χ2n) is 3.76. The van der Waals surface area contributed by atoms with Crippen LogP contribution in [0.1, 0.15) is 12.6 Å². The van der Waals surface area contributed by atoms with E-state index in [4.69, 9.17) is 17.0 Å². The first-order valence-electron chi connectivity index (χ1n) is 5.62. The molecule has 2 aromatic rings. The Balaban J connectivity index is 2.59. The first kappa shape index (κ1) is 13.2. The molecule has 0 fully saturated rings. The van der Waals surface area contributed by atoms with Crippen molar-refractivity contribution < 1.29 is 4.74 Å². The number of para-hydroxylation sites is 1. The summed E-state index contributed by atoms with van der Waals surface area (Å²) in [5.74, 6) is 1.53. The molecule has 5 heteroatoms. The first-order valence-corrected chi connectivity index (χ1v) is 6.82. The molecule has 0 radical (unpaired) electrons. The highest BCUT2D eigenvalue weighted by molar-refractivity contribution is 9.10. The number of halogens is 1. The van der Waals surface area contributed by atoms with Crippen LogP contribution in [0.25, 0.3) is 11.4 Å². The number of H-pyrrole nitrogens is 1. The predicted molar refractivity (Wildman–Crippen MR) is 78.5 cm³/mol. The van der Waals surface area contributed by atoms with Crippen molar-refractivity contribution in [3.63, 3.8) is 0 Å². The van der Waals surface area contributed by atoms with Crippen LogP contribution in [0, 0.1) is 11.6 Å². The average Bonchev–Trinajstić information content (AvgIpc) is 2.36. The summed E-state index contributed by atoms with van der Waals surface area (Å²) in [6.45, 7) is 4.53. The molecule has 0 saturated carbocycles. The summed E-state index contributed by atoms with van der Waals surface area (Å²) >= 11 is 8.62. The van der Waals surface area contributed by atoms with Crippen LogP contribution >= 0.6 is 28.1 Å². The minimum atomic E-state index is 0.549. The van der Waals surface area contributed by atoms with E-state index in [-0.39, 0.29) is 0 Å². The molecule has 0 atom stereocenters. The van der Waals surface area contributed by atoms with Crippen molar-refractivity contribution in [2.24, 2.45) is 0 Å². The van der Waals surface area contributed by atoms with Crippen LogP contribution in [0.4, 0.5) is 0 Å². The molecule has 94 valence electrons. The van der Waals surface area contributed by atoms with Gasteiger partial charge in [0, 0.05) is 5.69 Å². The fourth-order valence-corrected chi connectivity index (χ4v) is 2.07. The molecular formula is C13H13BrN2OS. The SMILES string of the molecule is CCOc1ccccc1-c1nc(=S)c(Br)c(C)[nH]1. The molecule has 1 N–H and O–H groups in total. The Labute approximate surface area is 119 Å². The van der Waals surface area contributed by atoms with Crippen LogP contribution in [0.3, 0.4) is 0 Å². The lowest BCUT2D eigenvalue weighted by atomic mass is 10.2. The Hall–Kier alpha value is -1.20. The topological polar surface area (TPSA) is 37.9 Å². The van der Waals surface area contributed by atoms with Crippen molar-refractivity contribution in [2.45, 2.75) is 13.8 Å². The summed E-state index contributed by atoms with van der Waals surface area (Å²) in [5, 5.41) is 0. The number of aromatic nitrogens is 2. The number of benzene rings is 1.